The molecule has 4 aliphatic carbocycles. The molecule has 3 heteroatoms. The number of ether oxygens (including phenoxy) is 2. The zero-order valence-electron chi connectivity index (χ0n) is 14.2. The number of ketones is 1. The van der Waals surface area contributed by atoms with Gasteiger partial charge in [-0.3, -0.25) is 4.79 Å². The van der Waals surface area contributed by atoms with Gasteiger partial charge in [-0.25, -0.2) is 0 Å². The van der Waals surface area contributed by atoms with Gasteiger partial charge in [-0.05, 0) is 56.3 Å². The van der Waals surface area contributed by atoms with Gasteiger partial charge in [0, 0.05) is 24.7 Å². The molecule has 23 heavy (non-hydrogen) atoms. The van der Waals surface area contributed by atoms with Gasteiger partial charge in [0.15, 0.2) is 5.79 Å². The topological polar surface area (TPSA) is 35.5 Å². The van der Waals surface area contributed by atoms with Crippen LogP contribution in [-0.2, 0) is 14.3 Å². The fourth-order valence-corrected chi connectivity index (χ4v) is 6.94. The summed E-state index contributed by atoms with van der Waals surface area (Å²) in [6.07, 6.45) is 9.91. The first kappa shape index (κ1) is 14.7. The number of allylic oxidation sites excluding steroid dienone is 2. The van der Waals surface area contributed by atoms with Crippen molar-refractivity contribution in [2.45, 2.75) is 70.5 Å². The van der Waals surface area contributed by atoms with E-state index >= 15 is 0 Å². The summed E-state index contributed by atoms with van der Waals surface area (Å²) >= 11 is 0. The van der Waals surface area contributed by atoms with E-state index in [-0.39, 0.29) is 11.2 Å². The van der Waals surface area contributed by atoms with E-state index in [1.165, 1.54) is 37.7 Å². The van der Waals surface area contributed by atoms with Gasteiger partial charge in [0.1, 0.15) is 5.78 Å². The predicted molar refractivity (Wildman–Crippen MR) is 86.8 cm³/mol. The standard InChI is InChI=1S/C20H28O3/c1-19-8-6-16-15-5-3-14(21)12-13(15)2-4-17(16)18(19)7-9-20(19)22-10-11-23-20/h16-18H,2-12H2,1H3/t16?,17?,18?,19-/m0/s1. The van der Waals surface area contributed by atoms with Crippen molar-refractivity contribution in [2.24, 2.45) is 23.2 Å². The van der Waals surface area contributed by atoms with E-state index in [4.69, 9.17) is 9.47 Å². The maximum absolute atomic E-state index is 11.8. The number of hydrogen-bond acceptors (Lipinski definition) is 3. The Morgan fingerprint density at radius 1 is 1.00 bits per heavy atom. The van der Waals surface area contributed by atoms with Crippen LogP contribution in [0.25, 0.3) is 0 Å². The van der Waals surface area contributed by atoms with Gasteiger partial charge in [0.25, 0.3) is 0 Å². The lowest BCUT2D eigenvalue weighted by molar-refractivity contribution is -0.238. The van der Waals surface area contributed by atoms with E-state index in [9.17, 15) is 4.79 Å². The van der Waals surface area contributed by atoms with E-state index in [0.29, 0.717) is 5.78 Å². The number of carbonyl (C=O) groups is 1. The van der Waals surface area contributed by atoms with Crippen molar-refractivity contribution in [3.8, 4) is 0 Å². The Balaban J connectivity index is 1.47. The summed E-state index contributed by atoms with van der Waals surface area (Å²) in [5.74, 6) is 2.48. The average Bonchev–Trinajstić information content (AvgIpc) is 3.14. The van der Waals surface area contributed by atoms with Crippen LogP contribution < -0.4 is 0 Å². The minimum absolute atomic E-state index is 0.202. The highest BCUT2D eigenvalue weighted by atomic mass is 16.7. The summed E-state index contributed by atoms with van der Waals surface area (Å²) in [6, 6.07) is 0. The van der Waals surface area contributed by atoms with E-state index in [0.717, 1.165) is 56.7 Å². The minimum atomic E-state index is -0.278. The Kier molecular flexibility index (Phi) is 3.13. The van der Waals surface area contributed by atoms with Crippen LogP contribution in [0.5, 0.6) is 0 Å². The van der Waals surface area contributed by atoms with Gasteiger partial charge in [-0.15, -0.1) is 0 Å². The SMILES string of the molecule is C[C@]12CCC3C4=C(CCC3C1CCC21OCCO1)CC(=O)CC4. The Hall–Kier alpha value is -0.670. The van der Waals surface area contributed by atoms with Crippen LogP contribution >= 0.6 is 0 Å². The first-order valence-electron chi connectivity index (χ1n) is 9.63. The van der Waals surface area contributed by atoms with E-state index < -0.39 is 0 Å². The van der Waals surface area contributed by atoms with Gasteiger partial charge in [0.05, 0.1) is 13.2 Å². The van der Waals surface area contributed by atoms with E-state index in [1.807, 2.05) is 0 Å². The van der Waals surface area contributed by atoms with E-state index in [2.05, 4.69) is 6.92 Å². The maximum atomic E-state index is 11.8. The van der Waals surface area contributed by atoms with Gasteiger partial charge in [0.2, 0.25) is 0 Å². The zero-order chi connectivity index (χ0) is 15.7. The van der Waals surface area contributed by atoms with Crippen LogP contribution in [0.3, 0.4) is 0 Å². The molecule has 3 nitrogen and oxygen atoms in total. The smallest absolute Gasteiger partial charge is 0.174 e. The molecule has 3 fully saturated rings. The highest BCUT2D eigenvalue weighted by Gasteiger charge is 2.65. The molecule has 1 spiro atoms. The maximum Gasteiger partial charge on any atom is 0.174 e. The second kappa shape index (κ2) is 4.92. The largest absolute Gasteiger partial charge is 0.347 e. The highest BCUT2D eigenvalue weighted by molar-refractivity contribution is 5.82. The van der Waals surface area contributed by atoms with Crippen molar-refractivity contribution in [1.82, 2.24) is 0 Å². The number of rotatable bonds is 0. The summed E-state index contributed by atoms with van der Waals surface area (Å²) in [4.78, 5) is 11.8. The second-order valence-corrected chi connectivity index (χ2v) is 8.70. The Bertz CT molecular complexity index is 571. The lowest BCUT2D eigenvalue weighted by atomic mass is 9.53. The quantitative estimate of drug-likeness (QED) is 0.633. The molecule has 3 unspecified atom stereocenters. The molecule has 1 heterocycles. The summed E-state index contributed by atoms with van der Waals surface area (Å²) in [5, 5.41) is 0. The number of fused-ring (bicyclic) bond motifs is 5. The minimum Gasteiger partial charge on any atom is -0.347 e. The fourth-order valence-electron chi connectivity index (χ4n) is 6.94. The molecule has 0 amide bonds. The summed E-state index contributed by atoms with van der Waals surface area (Å²) in [5.41, 5.74) is 3.41. The number of Topliss-reactive ketones (excluding diaryl/α,β-unsaturated/α-hetero) is 1. The van der Waals surface area contributed by atoms with Crippen molar-refractivity contribution in [3.05, 3.63) is 11.1 Å². The molecular formula is C20H28O3. The van der Waals surface area contributed by atoms with Crippen LogP contribution in [0.4, 0.5) is 0 Å². The molecule has 1 aliphatic heterocycles. The Morgan fingerprint density at radius 2 is 1.83 bits per heavy atom. The van der Waals surface area contributed by atoms with Gasteiger partial charge < -0.3 is 9.47 Å². The molecule has 126 valence electrons. The van der Waals surface area contributed by atoms with Crippen LogP contribution in [0.1, 0.15) is 64.7 Å². The first-order valence-corrected chi connectivity index (χ1v) is 9.63. The van der Waals surface area contributed by atoms with Crippen molar-refractivity contribution in [2.75, 3.05) is 13.2 Å². The number of carbonyl (C=O) groups excluding carboxylic acids is 1. The van der Waals surface area contributed by atoms with Crippen LogP contribution in [0, 0.1) is 23.2 Å². The molecule has 4 atom stereocenters. The second-order valence-electron chi connectivity index (χ2n) is 8.70. The van der Waals surface area contributed by atoms with Crippen LogP contribution in [0.2, 0.25) is 0 Å². The molecule has 0 aromatic carbocycles. The summed E-state index contributed by atoms with van der Waals surface area (Å²) < 4.78 is 12.4. The van der Waals surface area contributed by atoms with Crippen molar-refractivity contribution in [3.63, 3.8) is 0 Å². The predicted octanol–water partition coefficient (Wildman–Crippen LogP) is 4.02. The third-order valence-corrected chi connectivity index (χ3v) is 8.00. The van der Waals surface area contributed by atoms with Crippen LogP contribution in [-0.4, -0.2) is 24.8 Å². The third kappa shape index (κ3) is 1.87. The monoisotopic (exact) mass is 316 g/mol. The lowest BCUT2D eigenvalue weighted by Gasteiger charge is -2.53. The summed E-state index contributed by atoms with van der Waals surface area (Å²) in [7, 11) is 0. The van der Waals surface area contributed by atoms with Gasteiger partial charge in [-0.1, -0.05) is 18.1 Å². The third-order valence-electron chi connectivity index (χ3n) is 8.00. The van der Waals surface area contributed by atoms with Crippen molar-refractivity contribution in [1.29, 1.82) is 0 Å². The Morgan fingerprint density at radius 3 is 2.65 bits per heavy atom. The van der Waals surface area contributed by atoms with Gasteiger partial charge >= 0.3 is 0 Å². The molecule has 0 aromatic rings. The molecule has 1 saturated heterocycles. The molecule has 0 aromatic heterocycles. The summed E-state index contributed by atoms with van der Waals surface area (Å²) in [6.45, 7) is 3.99. The highest BCUT2D eigenvalue weighted by Crippen LogP contribution is 2.66. The number of hydrogen-bond donors (Lipinski definition) is 0. The fraction of sp³-hybridized carbons (Fsp3) is 0.850. The molecule has 5 rings (SSSR count). The Labute approximate surface area is 138 Å². The molecule has 5 aliphatic rings. The normalized spacial score (nSPS) is 45.1. The van der Waals surface area contributed by atoms with Crippen molar-refractivity contribution < 1.29 is 14.3 Å². The average molecular weight is 316 g/mol. The molecule has 0 N–H and O–H groups in total. The van der Waals surface area contributed by atoms with Crippen LogP contribution in [0.15, 0.2) is 11.1 Å². The molecule has 0 radical (unpaired) electrons. The molecule has 2 saturated carbocycles. The molecular weight excluding hydrogens is 288 g/mol. The first-order chi connectivity index (χ1) is 11.1. The van der Waals surface area contributed by atoms with E-state index in [1.54, 1.807) is 5.57 Å². The van der Waals surface area contributed by atoms with Crippen molar-refractivity contribution >= 4 is 5.78 Å². The zero-order valence-corrected chi connectivity index (χ0v) is 14.2. The lowest BCUT2D eigenvalue weighted by Crippen LogP contribution is -2.52. The van der Waals surface area contributed by atoms with Gasteiger partial charge in [-0.2, -0.15) is 0 Å². The molecule has 0 bridgehead atoms.